The molecule has 30 heavy (non-hydrogen) atoms. The molecule has 0 unspecified atom stereocenters. The topological polar surface area (TPSA) is 159 Å². The average molecular weight is 414 g/mol. The van der Waals surface area contributed by atoms with Crippen molar-refractivity contribution in [1.29, 1.82) is 0 Å². The molecule has 1 aromatic heterocycles. The molecule has 4 N–H and O–H groups in total. The molecule has 0 radical (unpaired) electrons. The molecule has 5 atom stereocenters. The highest BCUT2D eigenvalue weighted by Crippen LogP contribution is 2.25. The van der Waals surface area contributed by atoms with Gasteiger partial charge in [0.2, 0.25) is 6.29 Å². The Bertz CT molecular complexity index is 1150. The zero-order chi connectivity index (χ0) is 21.6. The van der Waals surface area contributed by atoms with Crippen molar-refractivity contribution >= 4 is 34.0 Å². The highest BCUT2D eigenvalue weighted by atomic mass is 16.7. The molecule has 0 spiro atoms. The van der Waals surface area contributed by atoms with Crippen molar-refractivity contribution in [3.05, 3.63) is 47.5 Å². The number of carboxylic acids is 1. The van der Waals surface area contributed by atoms with Crippen LogP contribution < -0.4 is 0 Å². The SMILES string of the molecule is C[C@@H]1O[C@@H](OC(=O)c2cccc3nc4c(C(=O)O)cccc4nc23)[C@H](O)[C@H](O)[C@H]1O. The van der Waals surface area contributed by atoms with Crippen LogP contribution in [0.3, 0.4) is 0 Å². The second-order valence-corrected chi connectivity index (χ2v) is 6.96. The van der Waals surface area contributed by atoms with E-state index < -0.39 is 42.6 Å². The smallest absolute Gasteiger partial charge is 0.342 e. The Morgan fingerprint density at radius 3 is 2.07 bits per heavy atom. The molecular weight excluding hydrogens is 396 g/mol. The van der Waals surface area contributed by atoms with E-state index in [2.05, 4.69) is 9.97 Å². The normalized spacial score (nSPS) is 26.6. The number of ether oxygens (including phenoxy) is 2. The number of aromatic carboxylic acids is 1. The number of hydrogen-bond donors (Lipinski definition) is 4. The number of aliphatic hydroxyl groups is 3. The Balaban J connectivity index is 1.72. The molecule has 2 aromatic carbocycles. The molecule has 0 saturated carbocycles. The van der Waals surface area contributed by atoms with Crippen molar-refractivity contribution in [1.82, 2.24) is 9.97 Å². The van der Waals surface area contributed by atoms with Crippen molar-refractivity contribution < 1.29 is 39.5 Å². The molecule has 2 heterocycles. The number of carbonyl (C=O) groups is 2. The molecule has 0 bridgehead atoms. The standard InChI is InChI=1S/C20H18N2O8/c1-8-15(23)16(24)17(25)20(29-8)30-19(28)10-5-3-7-12-14(10)22-11-6-2-4-9(18(26)27)13(11)21-12/h2-8,15-17,20,23-25H,1H3,(H,26,27)/t8-,15-,16+,17+,20-/m0/s1. The lowest BCUT2D eigenvalue weighted by atomic mass is 10.00. The fourth-order valence-electron chi connectivity index (χ4n) is 3.34. The zero-order valence-electron chi connectivity index (χ0n) is 15.7. The van der Waals surface area contributed by atoms with Crippen LogP contribution in [0.1, 0.15) is 27.6 Å². The second kappa shape index (κ2) is 7.58. The Morgan fingerprint density at radius 1 is 0.900 bits per heavy atom. The number of para-hydroxylation sites is 2. The van der Waals surface area contributed by atoms with Gasteiger partial charge in [-0.3, -0.25) is 0 Å². The maximum Gasteiger partial charge on any atom is 0.342 e. The van der Waals surface area contributed by atoms with Gasteiger partial charge in [0.05, 0.1) is 28.3 Å². The summed E-state index contributed by atoms with van der Waals surface area (Å²) in [6.45, 7) is 1.47. The number of benzene rings is 2. The third kappa shape index (κ3) is 3.35. The van der Waals surface area contributed by atoms with Gasteiger partial charge in [0.15, 0.2) is 0 Å². The van der Waals surface area contributed by atoms with E-state index in [9.17, 15) is 30.0 Å². The van der Waals surface area contributed by atoms with E-state index in [0.29, 0.717) is 0 Å². The van der Waals surface area contributed by atoms with Crippen LogP contribution in [0.15, 0.2) is 36.4 Å². The van der Waals surface area contributed by atoms with Crippen molar-refractivity contribution in [2.75, 3.05) is 0 Å². The molecule has 10 heteroatoms. The first-order valence-electron chi connectivity index (χ1n) is 9.11. The lowest BCUT2D eigenvalue weighted by Crippen LogP contribution is -2.57. The number of carboxylic acid groups (broad SMARTS) is 1. The minimum absolute atomic E-state index is 0.0184. The summed E-state index contributed by atoms with van der Waals surface area (Å²) in [5, 5.41) is 39.1. The van der Waals surface area contributed by atoms with Gasteiger partial charge in [-0.2, -0.15) is 0 Å². The Kier molecular flexibility index (Phi) is 5.08. The highest BCUT2D eigenvalue weighted by Gasteiger charge is 2.44. The number of aromatic nitrogens is 2. The number of aliphatic hydroxyl groups excluding tert-OH is 3. The van der Waals surface area contributed by atoms with Gasteiger partial charge in [0.1, 0.15) is 29.3 Å². The van der Waals surface area contributed by atoms with Crippen LogP contribution in [0.5, 0.6) is 0 Å². The summed E-state index contributed by atoms with van der Waals surface area (Å²) in [6, 6.07) is 9.05. The summed E-state index contributed by atoms with van der Waals surface area (Å²) in [6.07, 6.45) is -6.87. The van der Waals surface area contributed by atoms with Crippen molar-refractivity contribution in [2.24, 2.45) is 0 Å². The van der Waals surface area contributed by atoms with E-state index >= 15 is 0 Å². The number of rotatable bonds is 3. The van der Waals surface area contributed by atoms with Crippen LogP contribution in [0.2, 0.25) is 0 Å². The summed E-state index contributed by atoms with van der Waals surface area (Å²) in [4.78, 5) is 32.9. The molecule has 156 valence electrons. The van der Waals surface area contributed by atoms with Gasteiger partial charge >= 0.3 is 11.9 Å². The van der Waals surface area contributed by atoms with E-state index in [-0.39, 0.29) is 33.2 Å². The fraction of sp³-hybridized carbons (Fsp3) is 0.300. The molecular formula is C20H18N2O8. The molecule has 0 aliphatic carbocycles. The van der Waals surface area contributed by atoms with E-state index in [1.807, 2.05) is 0 Å². The first-order valence-corrected chi connectivity index (χ1v) is 9.11. The predicted molar refractivity (Wildman–Crippen MR) is 102 cm³/mol. The van der Waals surface area contributed by atoms with Gasteiger partial charge in [-0.05, 0) is 31.2 Å². The average Bonchev–Trinajstić information content (AvgIpc) is 2.73. The maximum atomic E-state index is 12.8. The molecule has 1 fully saturated rings. The zero-order valence-corrected chi connectivity index (χ0v) is 15.7. The molecule has 1 saturated heterocycles. The van der Waals surface area contributed by atoms with Crippen LogP contribution in [0.25, 0.3) is 22.1 Å². The fourth-order valence-corrected chi connectivity index (χ4v) is 3.34. The van der Waals surface area contributed by atoms with Gasteiger partial charge in [-0.15, -0.1) is 0 Å². The predicted octanol–water partition coefficient (Wildman–Crippen LogP) is 0.465. The van der Waals surface area contributed by atoms with Crippen LogP contribution in [-0.4, -0.2) is 73.0 Å². The van der Waals surface area contributed by atoms with E-state index in [1.165, 1.54) is 31.2 Å². The molecule has 4 rings (SSSR count). The van der Waals surface area contributed by atoms with Crippen LogP contribution in [0.4, 0.5) is 0 Å². The van der Waals surface area contributed by atoms with Gasteiger partial charge in [0, 0.05) is 0 Å². The first-order chi connectivity index (χ1) is 14.3. The number of fused-ring (bicyclic) bond motifs is 2. The van der Waals surface area contributed by atoms with Gasteiger partial charge in [-0.25, -0.2) is 19.6 Å². The van der Waals surface area contributed by atoms with Crippen molar-refractivity contribution in [3.63, 3.8) is 0 Å². The minimum atomic E-state index is -1.64. The van der Waals surface area contributed by atoms with Gasteiger partial charge in [-0.1, -0.05) is 12.1 Å². The summed E-state index contributed by atoms with van der Waals surface area (Å²) >= 11 is 0. The Labute approximate surface area is 169 Å². The number of nitrogens with zero attached hydrogens (tertiary/aromatic N) is 2. The van der Waals surface area contributed by atoms with E-state index in [0.717, 1.165) is 0 Å². The van der Waals surface area contributed by atoms with E-state index in [1.54, 1.807) is 12.1 Å². The van der Waals surface area contributed by atoms with Gasteiger partial charge < -0.3 is 29.9 Å². The Hall–Kier alpha value is -3.18. The van der Waals surface area contributed by atoms with E-state index in [4.69, 9.17) is 9.47 Å². The second-order valence-electron chi connectivity index (χ2n) is 6.96. The molecule has 0 amide bonds. The summed E-state index contributed by atoms with van der Waals surface area (Å²) < 4.78 is 10.5. The number of hydrogen-bond acceptors (Lipinski definition) is 9. The third-order valence-corrected chi connectivity index (χ3v) is 4.98. The molecule has 1 aliphatic rings. The summed E-state index contributed by atoms with van der Waals surface area (Å²) in [5.41, 5.74) is 0.918. The Morgan fingerprint density at radius 2 is 1.47 bits per heavy atom. The van der Waals surface area contributed by atoms with Crippen molar-refractivity contribution in [3.8, 4) is 0 Å². The van der Waals surface area contributed by atoms with Crippen molar-refractivity contribution in [2.45, 2.75) is 37.6 Å². The maximum absolute atomic E-state index is 12.8. The largest absolute Gasteiger partial charge is 0.478 e. The number of carbonyl (C=O) groups excluding carboxylic acids is 1. The lowest BCUT2D eigenvalue weighted by Gasteiger charge is -2.38. The van der Waals surface area contributed by atoms with Crippen LogP contribution in [0, 0.1) is 0 Å². The van der Waals surface area contributed by atoms with Crippen LogP contribution >= 0.6 is 0 Å². The monoisotopic (exact) mass is 414 g/mol. The number of esters is 1. The minimum Gasteiger partial charge on any atom is -0.478 e. The molecule has 1 aliphatic heterocycles. The quantitative estimate of drug-likeness (QED) is 0.350. The highest BCUT2D eigenvalue weighted by molar-refractivity contribution is 6.06. The summed E-state index contributed by atoms with van der Waals surface area (Å²) in [5.74, 6) is -2.04. The lowest BCUT2D eigenvalue weighted by molar-refractivity contribution is -0.276. The molecule has 3 aromatic rings. The van der Waals surface area contributed by atoms with Crippen LogP contribution in [-0.2, 0) is 9.47 Å². The first kappa shape index (κ1) is 20.1. The van der Waals surface area contributed by atoms with Gasteiger partial charge in [0.25, 0.3) is 0 Å². The third-order valence-electron chi connectivity index (χ3n) is 4.98. The summed E-state index contributed by atoms with van der Waals surface area (Å²) in [7, 11) is 0. The molecule has 10 nitrogen and oxygen atoms in total.